The summed E-state index contributed by atoms with van der Waals surface area (Å²) in [6.07, 6.45) is 1.26. The van der Waals surface area contributed by atoms with Gasteiger partial charge in [0, 0.05) is 6.54 Å². The molecule has 0 aromatic heterocycles. The van der Waals surface area contributed by atoms with Crippen molar-refractivity contribution < 1.29 is 5.11 Å². The van der Waals surface area contributed by atoms with Crippen LogP contribution in [0.5, 0.6) is 0 Å². The van der Waals surface area contributed by atoms with E-state index in [-0.39, 0.29) is 6.61 Å². The zero-order valence-corrected chi connectivity index (χ0v) is 8.61. The van der Waals surface area contributed by atoms with Gasteiger partial charge in [-0.25, -0.2) is 0 Å². The van der Waals surface area contributed by atoms with Crippen LogP contribution in [-0.2, 0) is 6.61 Å². The predicted octanol–water partition coefficient (Wildman–Crippen LogP) is 1.60. The van der Waals surface area contributed by atoms with Crippen LogP contribution in [0.15, 0.2) is 24.3 Å². The summed E-state index contributed by atoms with van der Waals surface area (Å²) in [6, 6.07) is 8.34. The van der Waals surface area contributed by atoms with Crippen LogP contribution in [0.3, 0.4) is 0 Å². The topological polar surface area (TPSA) is 23.5 Å². The van der Waals surface area contributed by atoms with Gasteiger partial charge >= 0.3 is 0 Å². The van der Waals surface area contributed by atoms with Crippen molar-refractivity contribution in [2.45, 2.75) is 18.9 Å². The number of benzene rings is 1. The van der Waals surface area contributed by atoms with Gasteiger partial charge in [-0.05, 0) is 37.1 Å². The summed E-state index contributed by atoms with van der Waals surface area (Å²) < 4.78 is 0. The molecule has 0 aliphatic carbocycles. The van der Waals surface area contributed by atoms with E-state index in [1.54, 1.807) is 0 Å². The number of rotatable bonds is 2. The molecule has 2 heteroatoms. The molecule has 0 amide bonds. The summed E-state index contributed by atoms with van der Waals surface area (Å²) in [6.45, 7) is 2.51. The van der Waals surface area contributed by atoms with Gasteiger partial charge in [-0.15, -0.1) is 0 Å². The van der Waals surface area contributed by atoms with Gasteiger partial charge in [0.05, 0.1) is 6.61 Å². The number of nitrogens with zero attached hydrogens (tertiary/aromatic N) is 1. The number of aliphatic hydroxyl groups is 1. The lowest BCUT2D eigenvalue weighted by Crippen LogP contribution is -2.13. The highest BCUT2D eigenvalue weighted by Gasteiger charge is 2.20. The maximum Gasteiger partial charge on any atom is 0.0681 e. The van der Waals surface area contributed by atoms with Crippen LogP contribution in [0.25, 0.3) is 0 Å². The van der Waals surface area contributed by atoms with E-state index in [9.17, 15) is 0 Å². The standard InChI is InChI=1S/C12H17NO/c1-13-7-6-12(8-13)11-4-2-10(9-14)3-5-11/h2-5,12,14H,6-9H2,1H3. The van der Waals surface area contributed by atoms with E-state index < -0.39 is 0 Å². The number of aliphatic hydroxyl groups excluding tert-OH is 1. The van der Waals surface area contributed by atoms with Crippen molar-refractivity contribution in [2.75, 3.05) is 20.1 Å². The molecule has 1 N–H and O–H groups in total. The van der Waals surface area contributed by atoms with Crippen LogP contribution in [0.1, 0.15) is 23.5 Å². The molecule has 1 atom stereocenters. The van der Waals surface area contributed by atoms with Crippen molar-refractivity contribution in [3.63, 3.8) is 0 Å². The lowest BCUT2D eigenvalue weighted by molar-refractivity contribution is 0.282. The van der Waals surface area contributed by atoms with Crippen molar-refractivity contribution >= 4 is 0 Å². The maximum atomic E-state index is 8.93. The second kappa shape index (κ2) is 4.11. The minimum Gasteiger partial charge on any atom is -0.392 e. The highest BCUT2D eigenvalue weighted by molar-refractivity contribution is 5.26. The van der Waals surface area contributed by atoms with Crippen molar-refractivity contribution in [3.8, 4) is 0 Å². The first-order valence-corrected chi connectivity index (χ1v) is 5.18. The van der Waals surface area contributed by atoms with Gasteiger partial charge in [0.2, 0.25) is 0 Å². The molecule has 1 saturated heterocycles. The Morgan fingerprint density at radius 2 is 2.07 bits per heavy atom. The normalized spacial score (nSPS) is 22.9. The zero-order valence-electron chi connectivity index (χ0n) is 8.61. The molecular weight excluding hydrogens is 174 g/mol. The first-order valence-electron chi connectivity index (χ1n) is 5.18. The minimum absolute atomic E-state index is 0.144. The van der Waals surface area contributed by atoms with E-state index in [2.05, 4.69) is 24.1 Å². The van der Waals surface area contributed by atoms with Gasteiger partial charge < -0.3 is 10.0 Å². The SMILES string of the molecule is CN1CCC(c2ccc(CO)cc2)C1. The van der Waals surface area contributed by atoms with Gasteiger partial charge in [-0.3, -0.25) is 0 Å². The van der Waals surface area contributed by atoms with Crippen LogP contribution < -0.4 is 0 Å². The molecule has 2 rings (SSSR count). The summed E-state index contributed by atoms with van der Waals surface area (Å²) in [5, 5.41) is 8.93. The van der Waals surface area contributed by atoms with E-state index >= 15 is 0 Å². The van der Waals surface area contributed by atoms with Crippen LogP contribution in [0.2, 0.25) is 0 Å². The molecule has 76 valence electrons. The third-order valence-electron chi connectivity index (χ3n) is 3.03. The molecule has 1 aliphatic heterocycles. The Balaban J connectivity index is 2.09. The Kier molecular flexibility index (Phi) is 2.85. The Morgan fingerprint density at radius 3 is 2.57 bits per heavy atom. The molecule has 0 bridgehead atoms. The van der Waals surface area contributed by atoms with Crippen LogP contribution in [0.4, 0.5) is 0 Å². The minimum atomic E-state index is 0.144. The molecule has 1 aliphatic rings. The van der Waals surface area contributed by atoms with Crippen LogP contribution >= 0.6 is 0 Å². The Bertz CT molecular complexity index is 294. The average Bonchev–Trinajstić information content (AvgIpc) is 2.65. The Hall–Kier alpha value is -0.860. The number of hydrogen-bond acceptors (Lipinski definition) is 2. The van der Waals surface area contributed by atoms with Crippen molar-refractivity contribution in [3.05, 3.63) is 35.4 Å². The first kappa shape index (κ1) is 9.69. The molecule has 0 saturated carbocycles. The fourth-order valence-electron chi connectivity index (χ4n) is 2.10. The lowest BCUT2D eigenvalue weighted by atomic mass is 9.97. The van der Waals surface area contributed by atoms with Crippen LogP contribution in [0, 0.1) is 0 Å². The van der Waals surface area contributed by atoms with Gasteiger partial charge in [0.15, 0.2) is 0 Å². The van der Waals surface area contributed by atoms with Gasteiger partial charge in [-0.2, -0.15) is 0 Å². The van der Waals surface area contributed by atoms with Gasteiger partial charge in [0.25, 0.3) is 0 Å². The monoisotopic (exact) mass is 191 g/mol. The summed E-state index contributed by atoms with van der Waals surface area (Å²) in [4.78, 5) is 2.37. The van der Waals surface area contributed by atoms with E-state index in [0.717, 1.165) is 5.56 Å². The zero-order chi connectivity index (χ0) is 9.97. The molecule has 1 aromatic carbocycles. The fraction of sp³-hybridized carbons (Fsp3) is 0.500. The molecule has 1 unspecified atom stereocenters. The lowest BCUT2D eigenvalue weighted by Gasteiger charge is -2.10. The molecule has 1 aromatic rings. The maximum absolute atomic E-state index is 8.93. The van der Waals surface area contributed by atoms with Gasteiger partial charge in [-0.1, -0.05) is 24.3 Å². The van der Waals surface area contributed by atoms with Crippen molar-refractivity contribution in [1.82, 2.24) is 4.90 Å². The second-order valence-electron chi connectivity index (χ2n) is 4.15. The van der Waals surface area contributed by atoms with Crippen molar-refractivity contribution in [1.29, 1.82) is 0 Å². The van der Waals surface area contributed by atoms with E-state index in [0.29, 0.717) is 5.92 Å². The predicted molar refractivity (Wildman–Crippen MR) is 57.2 cm³/mol. The Labute approximate surface area is 85.2 Å². The summed E-state index contributed by atoms with van der Waals surface area (Å²) in [5.74, 6) is 0.688. The number of hydrogen-bond donors (Lipinski definition) is 1. The molecule has 2 nitrogen and oxygen atoms in total. The fourth-order valence-corrected chi connectivity index (χ4v) is 2.10. The largest absolute Gasteiger partial charge is 0.392 e. The summed E-state index contributed by atoms with van der Waals surface area (Å²) in [7, 11) is 2.17. The van der Waals surface area contributed by atoms with E-state index in [4.69, 9.17) is 5.11 Å². The summed E-state index contributed by atoms with van der Waals surface area (Å²) >= 11 is 0. The number of likely N-dealkylation sites (N-methyl/N-ethyl adjacent to an activating group) is 1. The quantitative estimate of drug-likeness (QED) is 0.767. The molecule has 0 spiro atoms. The van der Waals surface area contributed by atoms with E-state index in [1.165, 1.54) is 25.1 Å². The smallest absolute Gasteiger partial charge is 0.0681 e. The molecule has 1 heterocycles. The molecule has 0 radical (unpaired) electrons. The van der Waals surface area contributed by atoms with E-state index in [1.807, 2.05) is 12.1 Å². The Morgan fingerprint density at radius 1 is 1.36 bits per heavy atom. The third-order valence-corrected chi connectivity index (χ3v) is 3.03. The van der Waals surface area contributed by atoms with Crippen molar-refractivity contribution in [2.24, 2.45) is 0 Å². The van der Waals surface area contributed by atoms with Crippen LogP contribution in [-0.4, -0.2) is 30.1 Å². The summed E-state index contributed by atoms with van der Waals surface area (Å²) in [5.41, 5.74) is 2.41. The molecule has 14 heavy (non-hydrogen) atoms. The molecule has 1 fully saturated rings. The number of likely N-dealkylation sites (tertiary alicyclic amines) is 1. The third kappa shape index (κ3) is 1.97. The average molecular weight is 191 g/mol. The van der Waals surface area contributed by atoms with Gasteiger partial charge in [0.1, 0.15) is 0 Å². The molecular formula is C12H17NO. The second-order valence-corrected chi connectivity index (χ2v) is 4.15. The highest BCUT2D eigenvalue weighted by Crippen LogP contribution is 2.26. The highest BCUT2D eigenvalue weighted by atomic mass is 16.3. The first-order chi connectivity index (χ1) is 6.79.